The number of nitrogens with zero attached hydrogens (tertiary/aromatic N) is 2. The van der Waals surface area contributed by atoms with Crippen molar-refractivity contribution >= 4 is 51.5 Å². The quantitative estimate of drug-likeness (QED) is 0.397. The molecule has 0 radical (unpaired) electrons. The summed E-state index contributed by atoms with van der Waals surface area (Å²) in [6.07, 6.45) is 0.798. The number of aromatic nitrogens is 2. The molecule has 0 saturated heterocycles. The Balaban J connectivity index is 1.77. The van der Waals surface area contributed by atoms with E-state index < -0.39 is 5.25 Å². The summed E-state index contributed by atoms with van der Waals surface area (Å²) in [7, 11) is 1.58. The van der Waals surface area contributed by atoms with Gasteiger partial charge in [-0.05, 0) is 43.0 Å². The molecular formula is C20H22ClN3O3S2. The molecule has 9 heteroatoms. The monoisotopic (exact) mass is 451 g/mol. The fourth-order valence-electron chi connectivity index (χ4n) is 2.76. The minimum atomic E-state index is -0.407. The van der Waals surface area contributed by atoms with Crippen molar-refractivity contribution in [3.63, 3.8) is 0 Å². The van der Waals surface area contributed by atoms with Crippen LogP contribution in [0.1, 0.15) is 11.8 Å². The van der Waals surface area contributed by atoms with Crippen molar-refractivity contribution in [2.45, 2.75) is 30.3 Å². The van der Waals surface area contributed by atoms with Gasteiger partial charge in [0.1, 0.15) is 0 Å². The largest absolute Gasteiger partial charge is 0.383 e. The zero-order chi connectivity index (χ0) is 20.8. The Hall–Kier alpha value is -1.87. The number of fused-ring (bicyclic) bond motifs is 1. The molecule has 29 heavy (non-hydrogen) atoms. The van der Waals surface area contributed by atoms with E-state index in [2.05, 4.69) is 10.3 Å². The lowest BCUT2D eigenvalue weighted by atomic mass is 10.2. The van der Waals surface area contributed by atoms with Gasteiger partial charge in [0.25, 0.3) is 5.56 Å². The Kier molecular flexibility index (Phi) is 7.71. The van der Waals surface area contributed by atoms with Crippen LogP contribution >= 0.6 is 34.7 Å². The van der Waals surface area contributed by atoms with E-state index in [9.17, 15) is 9.59 Å². The van der Waals surface area contributed by atoms with Crippen LogP contribution in [0.25, 0.3) is 10.9 Å². The smallest absolute Gasteiger partial charge is 0.262 e. The first-order valence-corrected chi connectivity index (χ1v) is 11.3. The average Bonchev–Trinajstić information content (AvgIpc) is 3.21. The van der Waals surface area contributed by atoms with Gasteiger partial charge in [-0.2, -0.15) is 0 Å². The first-order chi connectivity index (χ1) is 14.0. The molecule has 1 unspecified atom stereocenters. The fraction of sp³-hybridized carbons (Fsp3) is 0.350. The van der Waals surface area contributed by atoms with E-state index in [1.807, 2.05) is 17.5 Å². The van der Waals surface area contributed by atoms with Crippen molar-refractivity contribution in [2.75, 3.05) is 20.3 Å². The van der Waals surface area contributed by atoms with Gasteiger partial charge in [0.05, 0.1) is 29.3 Å². The standard InChI is InChI=1S/C20H22ClN3O3S2/c1-13(18(25)22-8-7-15-4-3-11-28-15)29-20-23-17-12-14(21)5-6-16(17)19(26)24(20)9-10-27-2/h3-6,11-13H,7-10H2,1-2H3,(H,22,25). The van der Waals surface area contributed by atoms with Crippen LogP contribution in [0.3, 0.4) is 0 Å². The number of halogens is 1. The number of rotatable bonds is 9. The number of benzene rings is 1. The van der Waals surface area contributed by atoms with Crippen LogP contribution in [-0.2, 0) is 22.5 Å². The predicted octanol–water partition coefficient (Wildman–Crippen LogP) is 3.60. The zero-order valence-electron chi connectivity index (χ0n) is 16.2. The summed E-state index contributed by atoms with van der Waals surface area (Å²) < 4.78 is 6.69. The van der Waals surface area contributed by atoms with Crippen LogP contribution in [0.2, 0.25) is 5.02 Å². The number of thioether (sulfide) groups is 1. The SMILES string of the molecule is COCCn1c(SC(C)C(=O)NCCc2cccs2)nc2cc(Cl)ccc2c1=O. The summed E-state index contributed by atoms with van der Waals surface area (Å²) >= 11 is 8.99. The number of carbonyl (C=O) groups excluding carboxylic acids is 1. The highest BCUT2D eigenvalue weighted by atomic mass is 35.5. The highest BCUT2D eigenvalue weighted by Gasteiger charge is 2.19. The number of amides is 1. The number of nitrogens with one attached hydrogen (secondary N) is 1. The van der Waals surface area contributed by atoms with Crippen molar-refractivity contribution in [1.29, 1.82) is 0 Å². The van der Waals surface area contributed by atoms with Crippen LogP contribution in [0.4, 0.5) is 0 Å². The molecule has 6 nitrogen and oxygen atoms in total. The number of ether oxygens (including phenoxy) is 1. The molecule has 0 spiro atoms. The van der Waals surface area contributed by atoms with Crippen LogP contribution in [-0.4, -0.2) is 41.0 Å². The Morgan fingerprint density at radius 1 is 1.41 bits per heavy atom. The second kappa shape index (κ2) is 10.2. The first kappa shape index (κ1) is 21.8. The summed E-state index contributed by atoms with van der Waals surface area (Å²) in [6, 6.07) is 9.05. The van der Waals surface area contributed by atoms with E-state index >= 15 is 0 Å². The van der Waals surface area contributed by atoms with E-state index in [0.717, 1.165) is 6.42 Å². The molecule has 0 aliphatic heterocycles. The lowest BCUT2D eigenvalue weighted by Gasteiger charge is -2.16. The maximum atomic E-state index is 12.9. The lowest BCUT2D eigenvalue weighted by molar-refractivity contribution is -0.120. The summed E-state index contributed by atoms with van der Waals surface area (Å²) in [5, 5.41) is 6.04. The number of thiophene rings is 1. The van der Waals surface area contributed by atoms with Gasteiger partial charge in [-0.25, -0.2) is 4.98 Å². The van der Waals surface area contributed by atoms with Gasteiger partial charge in [0.2, 0.25) is 5.91 Å². The van der Waals surface area contributed by atoms with Gasteiger partial charge in [0.15, 0.2) is 5.16 Å². The molecule has 2 heterocycles. The molecule has 0 saturated carbocycles. The van der Waals surface area contributed by atoms with Crippen molar-refractivity contribution in [3.8, 4) is 0 Å². The minimum absolute atomic E-state index is 0.0923. The predicted molar refractivity (Wildman–Crippen MR) is 119 cm³/mol. The molecule has 0 aliphatic carbocycles. The van der Waals surface area contributed by atoms with Gasteiger partial charge >= 0.3 is 0 Å². The summed E-state index contributed by atoms with van der Waals surface area (Å²) in [5.41, 5.74) is 0.348. The molecule has 3 aromatic rings. The third kappa shape index (κ3) is 5.60. The van der Waals surface area contributed by atoms with Crippen molar-refractivity contribution in [3.05, 3.63) is 56.0 Å². The molecule has 2 aromatic heterocycles. The highest BCUT2D eigenvalue weighted by Crippen LogP contribution is 2.24. The highest BCUT2D eigenvalue weighted by molar-refractivity contribution is 8.00. The second-order valence-corrected chi connectivity index (χ2v) is 9.16. The zero-order valence-corrected chi connectivity index (χ0v) is 18.6. The molecule has 0 bridgehead atoms. The molecule has 0 aliphatic rings. The Morgan fingerprint density at radius 3 is 2.97 bits per heavy atom. The third-order valence-corrected chi connectivity index (χ3v) is 6.56. The van der Waals surface area contributed by atoms with E-state index in [4.69, 9.17) is 16.3 Å². The third-order valence-electron chi connectivity index (χ3n) is 4.30. The van der Waals surface area contributed by atoms with Gasteiger partial charge in [-0.3, -0.25) is 14.2 Å². The molecule has 1 atom stereocenters. The van der Waals surface area contributed by atoms with Gasteiger partial charge < -0.3 is 10.1 Å². The lowest BCUT2D eigenvalue weighted by Crippen LogP contribution is -2.33. The number of hydrogen-bond acceptors (Lipinski definition) is 6. The van der Waals surface area contributed by atoms with Gasteiger partial charge in [-0.1, -0.05) is 29.4 Å². The number of hydrogen-bond donors (Lipinski definition) is 1. The van der Waals surface area contributed by atoms with Crippen LogP contribution in [0.5, 0.6) is 0 Å². The molecule has 154 valence electrons. The summed E-state index contributed by atoms with van der Waals surface area (Å²) in [6.45, 7) is 3.10. The maximum absolute atomic E-state index is 12.9. The Labute approximate surface area is 182 Å². The average molecular weight is 452 g/mol. The minimum Gasteiger partial charge on any atom is -0.383 e. The molecular weight excluding hydrogens is 430 g/mol. The van der Waals surface area contributed by atoms with Crippen molar-refractivity contribution in [1.82, 2.24) is 14.9 Å². The Bertz CT molecular complexity index is 1040. The molecule has 1 N–H and O–H groups in total. The molecule has 0 fully saturated rings. The van der Waals surface area contributed by atoms with E-state index in [1.54, 1.807) is 48.1 Å². The molecule has 3 rings (SSSR count). The summed E-state index contributed by atoms with van der Waals surface area (Å²) in [5.74, 6) is -0.0923. The summed E-state index contributed by atoms with van der Waals surface area (Å²) in [4.78, 5) is 31.3. The van der Waals surface area contributed by atoms with Crippen LogP contribution < -0.4 is 10.9 Å². The van der Waals surface area contributed by atoms with Crippen LogP contribution in [0.15, 0.2) is 45.7 Å². The van der Waals surface area contributed by atoms with Gasteiger partial charge in [-0.15, -0.1) is 11.3 Å². The van der Waals surface area contributed by atoms with E-state index in [1.165, 1.54) is 16.6 Å². The van der Waals surface area contributed by atoms with E-state index in [0.29, 0.717) is 40.8 Å². The van der Waals surface area contributed by atoms with Crippen molar-refractivity contribution < 1.29 is 9.53 Å². The second-order valence-electron chi connectivity index (χ2n) is 6.39. The van der Waals surface area contributed by atoms with E-state index in [-0.39, 0.29) is 11.5 Å². The maximum Gasteiger partial charge on any atom is 0.262 e. The molecule has 1 aromatic carbocycles. The first-order valence-electron chi connectivity index (χ1n) is 9.15. The molecule has 1 amide bonds. The number of carbonyl (C=O) groups is 1. The van der Waals surface area contributed by atoms with Crippen molar-refractivity contribution in [2.24, 2.45) is 0 Å². The van der Waals surface area contributed by atoms with Crippen LogP contribution in [0, 0.1) is 0 Å². The topological polar surface area (TPSA) is 73.2 Å². The normalized spacial score (nSPS) is 12.2. The number of methoxy groups -OCH3 is 1. The fourth-order valence-corrected chi connectivity index (χ4v) is 4.60. The van der Waals surface area contributed by atoms with Gasteiger partial charge in [0, 0.05) is 23.6 Å². The Morgan fingerprint density at radius 2 is 2.24 bits per heavy atom.